The number of hydrogen-bond acceptors (Lipinski definition) is 2. The summed E-state index contributed by atoms with van der Waals surface area (Å²) >= 11 is 0. The summed E-state index contributed by atoms with van der Waals surface area (Å²) in [5, 5.41) is 3.63. The van der Waals surface area contributed by atoms with Crippen molar-refractivity contribution in [1.29, 1.82) is 0 Å². The van der Waals surface area contributed by atoms with Gasteiger partial charge in [0.1, 0.15) is 0 Å². The molecule has 1 unspecified atom stereocenters. The van der Waals surface area contributed by atoms with Crippen molar-refractivity contribution in [3.63, 3.8) is 0 Å². The van der Waals surface area contributed by atoms with Crippen LogP contribution in [0, 0.1) is 0 Å². The van der Waals surface area contributed by atoms with E-state index in [2.05, 4.69) is 56.3 Å². The van der Waals surface area contributed by atoms with E-state index in [1.54, 1.807) is 0 Å². The molecule has 0 amide bonds. The van der Waals surface area contributed by atoms with Crippen molar-refractivity contribution in [3.8, 4) is 0 Å². The first-order valence-corrected chi connectivity index (χ1v) is 6.70. The number of anilines is 1. The van der Waals surface area contributed by atoms with E-state index >= 15 is 0 Å². The van der Waals surface area contributed by atoms with E-state index in [0.29, 0.717) is 11.7 Å². The fourth-order valence-corrected chi connectivity index (χ4v) is 3.36. The molecule has 1 aromatic rings. The summed E-state index contributed by atoms with van der Waals surface area (Å²) in [4.78, 5) is 2.26. The third-order valence-electron chi connectivity index (χ3n) is 2.89. The van der Waals surface area contributed by atoms with Crippen LogP contribution >= 0.6 is 8.58 Å². The van der Waals surface area contributed by atoms with E-state index < -0.39 is 0 Å². The molecule has 0 spiro atoms. The minimum atomic E-state index is 0.629. The minimum absolute atomic E-state index is 0.629. The molecule has 0 saturated carbocycles. The number of hydrogen-bond donors (Lipinski definition) is 1. The van der Waals surface area contributed by atoms with Crippen molar-refractivity contribution in [2.24, 2.45) is 0 Å². The highest BCUT2D eigenvalue weighted by atomic mass is 31.1. The second kappa shape index (κ2) is 4.55. The number of benzene rings is 1. The molecule has 0 fully saturated rings. The Labute approximate surface area is 94.6 Å². The molecule has 0 radical (unpaired) electrons. The average Bonchev–Trinajstić information content (AvgIpc) is 2.54. The third kappa shape index (κ3) is 2.35. The lowest BCUT2D eigenvalue weighted by atomic mass is 10.0. The van der Waals surface area contributed by atoms with Crippen molar-refractivity contribution in [1.82, 2.24) is 4.81 Å². The first-order valence-electron chi connectivity index (χ1n) is 5.42. The fourth-order valence-electron chi connectivity index (χ4n) is 2.01. The van der Waals surface area contributed by atoms with Crippen LogP contribution in [0.25, 0.3) is 0 Å². The minimum Gasteiger partial charge on any atom is -0.378 e. The van der Waals surface area contributed by atoms with Gasteiger partial charge in [0.05, 0.1) is 5.78 Å². The molecule has 1 aliphatic rings. The van der Waals surface area contributed by atoms with Crippen LogP contribution < -0.4 is 5.32 Å². The molecule has 2 nitrogen and oxygen atoms in total. The van der Waals surface area contributed by atoms with E-state index in [9.17, 15) is 0 Å². The normalized spacial score (nSPS) is 24.7. The van der Waals surface area contributed by atoms with Gasteiger partial charge in [0.15, 0.2) is 7.98 Å². The lowest BCUT2D eigenvalue weighted by Gasteiger charge is -2.19. The molecule has 0 saturated heterocycles. The van der Waals surface area contributed by atoms with Crippen molar-refractivity contribution >= 4 is 22.2 Å². The quantitative estimate of drug-likeness (QED) is 0.615. The van der Waals surface area contributed by atoms with Crippen LogP contribution in [0.5, 0.6) is 0 Å². The second-order valence-electron chi connectivity index (χ2n) is 4.44. The van der Waals surface area contributed by atoms with Gasteiger partial charge in [-0.1, -0.05) is 33.7 Å². The Morgan fingerprint density at radius 1 is 1.47 bits per heavy atom. The van der Waals surface area contributed by atoms with Gasteiger partial charge < -0.3 is 10.1 Å². The fraction of sp³-hybridized carbons (Fsp3) is 0.455. The molecule has 1 heterocycles. The van der Waals surface area contributed by atoms with Gasteiger partial charge in [0.2, 0.25) is 0 Å². The van der Waals surface area contributed by atoms with Crippen LogP contribution in [0.15, 0.2) is 24.3 Å². The third-order valence-corrected chi connectivity index (χ3v) is 4.79. The Hall–Kier alpha value is -0.525. The predicted octanol–water partition coefficient (Wildman–Crippen LogP) is 1.66. The molecule has 4 heteroatoms. The summed E-state index contributed by atoms with van der Waals surface area (Å²) in [5.41, 5.74) is 2.81. The first-order chi connectivity index (χ1) is 7.18. The largest absolute Gasteiger partial charge is 0.378 e. The van der Waals surface area contributed by atoms with Gasteiger partial charge in [-0.25, -0.2) is 0 Å². The molecular formula is C11H18BN2P. The number of para-hydroxylation sites is 1. The van der Waals surface area contributed by atoms with Crippen LogP contribution in [-0.4, -0.2) is 31.9 Å². The predicted molar refractivity (Wildman–Crippen MR) is 71.8 cm³/mol. The summed E-state index contributed by atoms with van der Waals surface area (Å²) in [5.74, 6) is 1.28. The van der Waals surface area contributed by atoms with Crippen molar-refractivity contribution < 1.29 is 0 Å². The number of rotatable bonds is 3. The molecule has 0 bridgehead atoms. The first kappa shape index (κ1) is 11.0. The van der Waals surface area contributed by atoms with E-state index in [4.69, 9.17) is 0 Å². The molecule has 3 atom stereocenters. The Bertz CT molecular complexity index is 343. The highest BCUT2D eigenvalue weighted by molar-refractivity contribution is 7.39. The average molecular weight is 220 g/mol. The molecule has 1 aromatic carbocycles. The van der Waals surface area contributed by atoms with Gasteiger partial charge in [-0.15, -0.1) is 0 Å². The molecule has 0 aromatic heterocycles. The Balaban J connectivity index is 2.03. The molecule has 80 valence electrons. The standard InChI is InChI=1S/C11H18BN2P/c1-8-9-5-3-4-6-10(9)13-11(8)15-7-14(2)12/h3-6,8,11,13,15H,7,12H2,1-2H3/t8-,11-/m0/s1. The number of nitrogens with one attached hydrogen (secondary N) is 1. The zero-order valence-corrected chi connectivity index (χ0v) is 10.6. The molecule has 1 aliphatic heterocycles. The molecule has 0 aliphatic carbocycles. The highest BCUT2D eigenvalue weighted by Gasteiger charge is 2.27. The van der Waals surface area contributed by atoms with Crippen molar-refractivity contribution in [3.05, 3.63) is 29.8 Å². The highest BCUT2D eigenvalue weighted by Crippen LogP contribution is 2.42. The van der Waals surface area contributed by atoms with Gasteiger partial charge in [-0.2, -0.15) is 0 Å². The second-order valence-corrected chi connectivity index (χ2v) is 5.79. The van der Waals surface area contributed by atoms with Crippen molar-refractivity contribution in [2.45, 2.75) is 18.6 Å². The molecule has 1 N–H and O–H groups in total. The maximum absolute atomic E-state index is 3.63. The van der Waals surface area contributed by atoms with Gasteiger partial charge in [0.25, 0.3) is 0 Å². The van der Waals surface area contributed by atoms with Crippen molar-refractivity contribution in [2.75, 3.05) is 18.7 Å². The van der Waals surface area contributed by atoms with Crippen LogP contribution in [0.2, 0.25) is 0 Å². The maximum atomic E-state index is 3.63. The zero-order valence-electron chi connectivity index (χ0n) is 9.62. The van der Waals surface area contributed by atoms with E-state index in [1.165, 1.54) is 17.5 Å². The summed E-state index contributed by atoms with van der Waals surface area (Å²) in [6.45, 7) is 2.33. The van der Waals surface area contributed by atoms with Gasteiger partial charge in [-0.05, 0) is 18.7 Å². The van der Waals surface area contributed by atoms with E-state index in [-0.39, 0.29) is 0 Å². The van der Waals surface area contributed by atoms with Crippen LogP contribution in [-0.2, 0) is 0 Å². The van der Waals surface area contributed by atoms with Gasteiger partial charge in [-0.3, -0.25) is 0 Å². The SMILES string of the molecule is BN(C)CP[C@@H]1Nc2ccccc2[C@@H]1C. The molecule has 15 heavy (non-hydrogen) atoms. The number of fused-ring (bicyclic) bond motifs is 1. The van der Waals surface area contributed by atoms with Crippen LogP contribution in [0.3, 0.4) is 0 Å². The summed E-state index contributed by atoms with van der Waals surface area (Å²) in [6, 6.07) is 8.67. The molecular weight excluding hydrogens is 202 g/mol. The molecule has 2 rings (SSSR count). The Morgan fingerprint density at radius 3 is 2.87 bits per heavy atom. The summed E-state index contributed by atoms with van der Waals surface area (Å²) in [7, 11) is 5.23. The smallest absolute Gasteiger partial charge is 0.185 e. The Morgan fingerprint density at radius 2 is 2.20 bits per heavy atom. The number of nitrogens with zero attached hydrogens (tertiary/aromatic N) is 1. The topological polar surface area (TPSA) is 15.3 Å². The Kier molecular flexibility index (Phi) is 3.33. The summed E-state index contributed by atoms with van der Waals surface area (Å²) < 4.78 is 0. The maximum Gasteiger partial charge on any atom is 0.185 e. The van der Waals surface area contributed by atoms with Gasteiger partial charge in [0, 0.05) is 17.9 Å². The van der Waals surface area contributed by atoms with Gasteiger partial charge >= 0.3 is 0 Å². The van der Waals surface area contributed by atoms with Crippen LogP contribution in [0.1, 0.15) is 18.4 Å². The monoisotopic (exact) mass is 220 g/mol. The lowest BCUT2D eigenvalue weighted by Crippen LogP contribution is -2.19. The zero-order chi connectivity index (χ0) is 10.8. The summed E-state index contributed by atoms with van der Waals surface area (Å²) in [6.07, 6.45) is 1.18. The van der Waals surface area contributed by atoms with E-state index in [1.807, 2.05) is 0 Å². The van der Waals surface area contributed by atoms with Crippen LogP contribution in [0.4, 0.5) is 5.69 Å². The lowest BCUT2D eigenvalue weighted by molar-refractivity contribution is 0.644. The van der Waals surface area contributed by atoms with E-state index in [0.717, 1.165) is 8.58 Å².